The number of primary sulfonamides is 1. The van der Waals surface area contributed by atoms with E-state index in [-0.39, 0.29) is 17.1 Å². The van der Waals surface area contributed by atoms with E-state index in [1.54, 1.807) is 6.07 Å². The minimum Gasteiger partial charge on any atom is -0.493 e. The summed E-state index contributed by atoms with van der Waals surface area (Å²) in [6, 6.07) is 4.15. The highest BCUT2D eigenvalue weighted by molar-refractivity contribution is 7.89. The SMILES string of the molecule is CC1(C)COc2cc(F)ccc2[C@@H]1CS(N)(=O)=O. The van der Waals surface area contributed by atoms with Gasteiger partial charge in [0.25, 0.3) is 0 Å². The molecule has 0 radical (unpaired) electrons. The van der Waals surface area contributed by atoms with Gasteiger partial charge in [-0.15, -0.1) is 0 Å². The highest BCUT2D eigenvalue weighted by atomic mass is 32.2. The molecule has 0 saturated heterocycles. The third-order valence-electron chi connectivity index (χ3n) is 3.29. The molecule has 0 amide bonds. The minimum atomic E-state index is -3.60. The second-order valence-corrected chi connectivity index (χ2v) is 7.00. The number of sulfonamides is 1. The van der Waals surface area contributed by atoms with Crippen LogP contribution in [0.3, 0.4) is 0 Å². The predicted molar refractivity (Wildman–Crippen MR) is 66.4 cm³/mol. The van der Waals surface area contributed by atoms with Crippen LogP contribution in [0.1, 0.15) is 25.3 Å². The van der Waals surface area contributed by atoms with Gasteiger partial charge in [0.05, 0.1) is 12.4 Å². The molecular formula is C12H16FNO3S. The molecule has 1 aromatic carbocycles. The van der Waals surface area contributed by atoms with E-state index < -0.39 is 15.8 Å². The van der Waals surface area contributed by atoms with Crippen molar-refractivity contribution in [1.29, 1.82) is 0 Å². The highest BCUT2D eigenvalue weighted by Gasteiger charge is 2.39. The Kier molecular flexibility index (Phi) is 3.11. The lowest BCUT2D eigenvalue weighted by molar-refractivity contribution is 0.128. The fourth-order valence-electron chi connectivity index (χ4n) is 2.25. The lowest BCUT2D eigenvalue weighted by atomic mass is 9.75. The first-order chi connectivity index (χ1) is 8.19. The van der Waals surface area contributed by atoms with E-state index in [0.29, 0.717) is 17.9 Å². The maximum atomic E-state index is 13.1. The lowest BCUT2D eigenvalue weighted by Crippen LogP contribution is -2.38. The summed E-state index contributed by atoms with van der Waals surface area (Å²) in [5.41, 5.74) is 0.332. The predicted octanol–water partition coefficient (Wildman–Crippen LogP) is 1.62. The standard InChI is InChI=1S/C12H16FNO3S/c1-12(2)7-17-11-5-8(13)3-4-9(11)10(12)6-18(14,15)16/h3-5,10H,6-7H2,1-2H3,(H2,14,15,16)/t10-/m0/s1. The van der Waals surface area contributed by atoms with E-state index in [4.69, 9.17) is 9.88 Å². The third-order valence-corrected chi connectivity index (χ3v) is 4.09. The molecule has 2 N–H and O–H groups in total. The minimum absolute atomic E-state index is 0.165. The molecule has 18 heavy (non-hydrogen) atoms. The van der Waals surface area contributed by atoms with Crippen molar-refractivity contribution in [2.24, 2.45) is 10.6 Å². The van der Waals surface area contributed by atoms with Crippen molar-refractivity contribution in [3.05, 3.63) is 29.6 Å². The molecule has 1 aromatic rings. The van der Waals surface area contributed by atoms with Crippen LogP contribution in [0.4, 0.5) is 4.39 Å². The molecule has 6 heteroatoms. The molecule has 0 aliphatic carbocycles. The van der Waals surface area contributed by atoms with Crippen LogP contribution in [0.15, 0.2) is 18.2 Å². The monoisotopic (exact) mass is 273 g/mol. The zero-order valence-electron chi connectivity index (χ0n) is 10.3. The van der Waals surface area contributed by atoms with Crippen molar-refractivity contribution >= 4 is 10.0 Å². The molecule has 0 saturated carbocycles. The molecule has 2 rings (SSSR count). The van der Waals surface area contributed by atoms with Gasteiger partial charge in [-0.1, -0.05) is 19.9 Å². The van der Waals surface area contributed by atoms with Crippen LogP contribution in [-0.2, 0) is 10.0 Å². The van der Waals surface area contributed by atoms with Gasteiger partial charge in [0.15, 0.2) is 0 Å². The van der Waals surface area contributed by atoms with Gasteiger partial charge in [0.1, 0.15) is 11.6 Å². The molecular weight excluding hydrogens is 257 g/mol. The first-order valence-corrected chi connectivity index (χ1v) is 7.33. The third kappa shape index (κ3) is 2.64. The summed E-state index contributed by atoms with van der Waals surface area (Å²) in [4.78, 5) is 0. The van der Waals surface area contributed by atoms with E-state index in [2.05, 4.69) is 0 Å². The summed E-state index contributed by atoms with van der Waals surface area (Å²) < 4.78 is 41.3. The molecule has 0 unspecified atom stereocenters. The smallest absolute Gasteiger partial charge is 0.209 e. The average molecular weight is 273 g/mol. The van der Waals surface area contributed by atoms with Crippen LogP contribution in [0, 0.1) is 11.2 Å². The number of halogens is 1. The fraction of sp³-hybridized carbons (Fsp3) is 0.500. The largest absolute Gasteiger partial charge is 0.493 e. The van der Waals surface area contributed by atoms with Crippen molar-refractivity contribution in [3.63, 3.8) is 0 Å². The number of fused-ring (bicyclic) bond motifs is 1. The number of hydrogen-bond donors (Lipinski definition) is 1. The Morgan fingerprint density at radius 1 is 1.50 bits per heavy atom. The summed E-state index contributed by atoms with van der Waals surface area (Å²) >= 11 is 0. The molecule has 0 bridgehead atoms. The number of benzene rings is 1. The van der Waals surface area contributed by atoms with E-state index in [1.165, 1.54) is 12.1 Å². The highest BCUT2D eigenvalue weighted by Crippen LogP contribution is 2.44. The Morgan fingerprint density at radius 2 is 2.17 bits per heavy atom. The number of hydrogen-bond acceptors (Lipinski definition) is 3. The van der Waals surface area contributed by atoms with Crippen LogP contribution < -0.4 is 9.88 Å². The van der Waals surface area contributed by atoms with Gasteiger partial charge in [0, 0.05) is 17.4 Å². The van der Waals surface area contributed by atoms with Crippen LogP contribution in [0.2, 0.25) is 0 Å². The summed E-state index contributed by atoms with van der Waals surface area (Å²) in [6.07, 6.45) is 0. The fourth-order valence-corrected chi connectivity index (χ4v) is 3.35. The molecule has 1 aliphatic rings. The van der Waals surface area contributed by atoms with Gasteiger partial charge in [-0.25, -0.2) is 17.9 Å². The Bertz CT molecular complexity index is 569. The number of rotatable bonds is 2. The average Bonchev–Trinajstić information content (AvgIpc) is 2.21. The summed E-state index contributed by atoms with van der Waals surface area (Å²) in [5, 5.41) is 5.13. The summed E-state index contributed by atoms with van der Waals surface area (Å²) in [5.74, 6) is -0.454. The van der Waals surface area contributed by atoms with Crippen molar-refractivity contribution in [1.82, 2.24) is 0 Å². The van der Waals surface area contributed by atoms with E-state index in [9.17, 15) is 12.8 Å². The van der Waals surface area contributed by atoms with Crippen LogP contribution in [0.5, 0.6) is 5.75 Å². The Hall–Kier alpha value is -1.14. The van der Waals surface area contributed by atoms with Gasteiger partial charge < -0.3 is 4.74 Å². The zero-order chi connectivity index (χ0) is 13.6. The Labute approximate surface area is 106 Å². The van der Waals surface area contributed by atoms with Gasteiger partial charge in [-0.2, -0.15) is 0 Å². The van der Waals surface area contributed by atoms with Crippen LogP contribution in [-0.4, -0.2) is 20.8 Å². The molecule has 1 atom stereocenters. The molecule has 0 aromatic heterocycles. The van der Waals surface area contributed by atoms with Crippen molar-refractivity contribution in [2.45, 2.75) is 19.8 Å². The molecule has 100 valence electrons. The Morgan fingerprint density at radius 3 is 2.78 bits per heavy atom. The van der Waals surface area contributed by atoms with Crippen LogP contribution in [0.25, 0.3) is 0 Å². The van der Waals surface area contributed by atoms with E-state index >= 15 is 0 Å². The maximum absolute atomic E-state index is 13.1. The molecule has 0 fully saturated rings. The van der Waals surface area contributed by atoms with Gasteiger partial charge >= 0.3 is 0 Å². The molecule has 1 aliphatic heterocycles. The maximum Gasteiger partial charge on any atom is 0.209 e. The topological polar surface area (TPSA) is 69.4 Å². The van der Waals surface area contributed by atoms with Crippen molar-refractivity contribution < 1.29 is 17.5 Å². The van der Waals surface area contributed by atoms with Gasteiger partial charge in [0.2, 0.25) is 10.0 Å². The zero-order valence-corrected chi connectivity index (χ0v) is 11.1. The van der Waals surface area contributed by atoms with E-state index in [0.717, 1.165) is 0 Å². The number of nitrogens with two attached hydrogens (primary N) is 1. The summed E-state index contributed by atoms with van der Waals surface area (Å²) in [6.45, 7) is 4.16. The van der Waals surface area contributed by atoms with Gasteiger partial charge in [-0.3, -0.25) is 0 Å². The van der Waals surface area contributed by atoms with Crippen LogP contribution >= 0.6 is 0 Å². The van der Waals surface area contributed by atoms with E-state index in [1.807, 2.05) is 13.8 Å². The summed E-state index contributed by atoms with van der Waals surface area (Å²) in [7, 11) is -3.60. The second-order valence-electron chi connectivity index (χ2n) is 5.34. The normalized spacial score (nSPS) is 22.1. The first kappa shape index (κ1) is 13.3. The molecule has 0 spiro atoms. The van der Waals surface area contributed by atoms with Crippen molar-refractivity contribution in [2.75, 3.05) is 12.4 Å². The van der Waals surface area contributed by atoms with Gasteiger partial charge in [-0.05, 0) is 11.6 Å². The second kappa shape index (κ2) is 4.20. The molecule has 4 nitrogen and oxygen atoms in total. The molecule has 1 heterocycles. The quantitative estimate of drug-likeness (QED) is 0.890. The lowest BCUT2D eigenvalue weighted by Gasteiger charge is -2.39. The van der Waals surface area contributed by atoms with Crippen molar-refractivity contribution in [3.8, 4) is 5.75 Å². The Balaban J connectivity index is 2.48. The first-order valence-electron chi connectivity index (χ1n) is 5.62. The number of ether oxygens (including phenoxy) is 1.